The van der Waals surface area contributed by atoms with Crippen molar-refractivity contribution < 1.29 is 9.53 Å². The highest BCUT2D eigenvalue weighted by atomic mass is 79.9. The van der Waals surface area contributed by atoms with Crippen molar-refractivity contribution in [3.8, 4) is 5.75 Å². The third-order valence-corrected chi connectivity index (χ3v) is 4.20. The Kier molecular flexibility index (Phi) is 5.08. The van der Waals surface area contributed by atoms with Gasteiger partial charge in [0.1, 0.15) is 11.6 Å². The Balaban J connectivity index is 1.82. The number of imidazole rings is 1. The molecular weight excluding hydrogens is 382 g/mol. The standard InChI is InChI=1S/C19H20BrN3O2/c1-12(2)25-17-10-13(20)8-9-14(17)19(24)23(3)11-18-21-15-6-4-5-7-16(15)22-18/h4-10,12H,11H2,1-3H3,(H,21,22). The van der Waals surface area contributed by atoms with E-state index in [1.54, 1.807) is 18.0 Å². The molecule has 0 saturated carbocycles. The highest BCUT2D eigenvalue weighted by Crippen LogP contribution is 2.26. The van der Waals surface area contributed by atoms with E-state index in [0.717, 1.165) is 21.3 Å². The van der Waals surface area contributed by atoms with E-state index in [9.17, 15) is 4.79 Å². The molecular formula is C19H20BrN3O2. The zero-order valence-electron chi connectivity index (χ0n) is 14.4. The second kappa shape index (κ2) is 7.27. The predicted octanol–water partition coefficient (Wildman–Crippen LogP) is 4.38. The summed E-state index contributed by atoms with van der Waals surface area (Å²) in [7, 11) is 1.76. The van der Waals surface area contributed by atoms with Crippen molar-refractivity contribution in [2.24, 2.45) is 0 Å². The normalized spacial score (nSPS) is 11.1. The van der Waals surface area contributed by atoms with E-state index in [0.29, 0.717) is 17.9 Å². The topological polar surface area (TPSA) is 58.2 Å². The lowest BCUT2D eigenvalue weighted by Crippen LogP contribution is -2.27. The molecule has 1 amide bonds. The third-order valence-electron chi connectivity index (χ3n) is 3.71. The van der Waals surface area contributed by atoms with Crippen LogP contribution in [0.2, 0.25) is 0 Å². The molecule has 3 rings (SSSR count). The second-order valence-electron chi connectivity index (χ2n) is 6.17. The summed E-state index contributed by atoms with van der Waals surface area (Å²) in [6, 6.07) is 13.3. The van der Waals surface area contributed by atoms with Crippen LogP contribution in [0.3, 0.4) is 0 Å². The molecule has 0 unspecified atom stereocenters. The van der Waals surface area contributed by atoms with Gasteiger partial charge in [-0.1, -0.05) is 28.1 Å². The predicted molar refractivity (Wildman–Crippen MR) is 102 cm³/mol. The summed E-state index contributed by atoms with van der Waals surface area (Å²) in [4.78, 5) is 22.3. The number of nitrogens with zero attached hydrogens (tertiary/aromatic N) is 2. The van der Waals surface area contributed by atoms with Gasteiger partial charge in [0.25, 0.3) is 5.91 Å². The largest absolute Gasteiger partial charge is 0.490 e. The molecule has 130 valence electrons. The summed E-state index contributed by atoms with van der Waals surface area (Å²) in [5.74, 6) is 1.22. The minimum absolute atomic E-state index is 0.0125. The summed E-state index contributed by atoms with van der Waals surface area (Å²) < 4.78 is 6.67. The van der Waals surface area contributed by atoms with Gasteiger partial charge >= 0.3 is 0 Å². The lowest BCUT2D eigenvalue weighted by molar-refractivity contribution is 0.0775. The summed E-state index contributed by atoms with van der Waals surface area (Å²) >= 11 is 3.43. The lowest BCUT2D eigenvalue weighted by Gasteiger charge is -2.19. The van der Waals surface area contributed by atoms with Gasteiger partial charge in [-0.05, 0) is 44.2 Å². The number of amides is 1. The summed E-state index contributed by atoms with van der Waals surface area (Å²) in [5, 5.41) is 0. The van der Waals surface area contributed by atoms with Crippen LogP contribution in [0.15, 0.2) is 46.9 Å². The molecule has 6 heteroatoms. The fourth-order valence-electron chi connectivity index (χ4n) is 2.61. The number of aromatic amines is 1. The molecule has 0 radical (unpaired) electrons. The van der Waals surface area contributed by atoms with Crippen molar-refractivity contribution in [1.29, 1.82) is 0 Å². The Labute approximate surface area is 155 Å². The van der Waals surface area contributed by atoms with Crippen LogP contribution in [0.4, 0.5) is 0 Å². The number of carbonyl (C=O) groups is 1. The number of fused-ring (bicyclic) bond motifs is 1. The maximum Gasteiger partial charge on any atom is 0.257 e. The first-order valence-corrected chi connectivity index (χ1v) is 8.88. The molecule has 0 aliphatic carbocycles. The van der Waals surface area contributed by atoms with Crippen LogP contribution in [0.25, 0.3) is 11.0 Å². The molecule has 1 N–H and O–H groups in total. The van der Waals surface area contributed by atoms with Crippen LogP contribution >= 0.6 is 15.9 Å². The van der Waals surface area contributed by atoms with E-state index in [1.807, 2.05) is 50.2 Å². The molecule has 3 aromatic rings. The summed E-state index contributed by atoms with van der Waals surface area (Å²) in [6.45, 7) is 4.27. The first-order valence-electron chi connectivity index (χ1n) is 8.09. The summed E-state index contributed by atoms with van der Waals surface area (Å²) in [6.07, 6.45) is -0.0125. The van der Waals surface area contributed by atoms with E-state index in [4.69, 9.17) is 4.74 Å². The Morgan fingerprint density at radius 1 is 1.28 bits per heavy atom. The molecule has 2 aromatic carbocycles. The number of H-pyrrole nitrogens is 1. The van der Waals surface area contributed by atoms with Crippen LogP contribution in [0.5, 0.6) is 5.75 Å². The van der Waals surface area contributed by atoms with Crippen LogP contribution in [0, 0.1) is 0 Å². The van der Waals surface area contributed by atoms with E-state index in [2.05, 4.69) is 25.9 Å². The van der Waals surface area contributed by atoms with Crippen LogP contribution in [0.1, 0.15) is 30.0 Å². The maximum absolute atomic E-state index is 12.9. The van der Waals surface area contributed by atoms with Gasteiger partial charge < -0.3 is 14.6 Å². The second-order valence-corrected chi connectivity index (χ2v) is 7.08. The molecule has 5 nitrogen and oxygen atoms in total. The molecule has 0 fully saturated rings. The third kappa shape index (κ3) is 4.02. The molecule has 1 heterocycles. The van der Waals surface area contributed by atoms with Gasteiger partial charge in [0.15, 0.2) is 0 Å². The number of benzene rings is 2. The molecule has 0 aliphatic rings. The monoisotopic (exact) mass is 401 g/mol. The van der Waals surface area contributed by atoms with Gasteiger partial charge in [0.2, 0.25) is 0 Å². The Morgan fingerprint density at radius 3 is 2.76 bits per heavy atom. The van der Waals surface area contributed by atoms with Crippen LogP contribution < -0.4 is 4.74 Å². The van der Waals surface area contributed by atoms with E-state index >= 15 is 0 Å². The molecule has 25 heavy (non-hydrogen) atoms. The number of para-hydroxylation sites is 2. The van der Waals surface area contributed by atoms with Gasteiger partial charge in [-0.3, -0.25) is 4.79 Å². The fraction of sp³-hybridized carbons (Fsp3) is 0.263. The lowest BCUT2D eigenvalue weighted by atomic mass is 10.1. The Hall–Kier alpha value is -2.34. The van der Waals surface area contributed by atoms with Crippen molar-refractivity contribution in [3.05, 3.63) is 58.3 Å². The molecule has 0 bridgehead atoms. The molecule has 0 atom stereocenters. The highest BCUT2D eigenvalue weighted by Gasteiger charge is 2.19. The van der Waals surface area contributed by atoms with Crippen LogP contribution in [-0.4, -0.2) is 33.9 Å². The number of halogens is 1. The number of rotatable bonds is 5. The van der Waals surface area contributed by atoms with Crippen molar-refractivity contribution in [2.45, 2.75) is 26.5 Å². The van der Waals surface area contributed by atoms with Gasteiger partial charge in [0.05, 0.1) is 29.2 Å². The first-order chi connectivity index (χ1) is 11.9. The molecule has 0 aliphatic heterocycles. The zero-order valence-corrected chi connectivity index (χ0v) is 16.0. The minimum Gasteiger partial charge on any atom is -0.490 e. The molecule has 0 saturated heterocycles. The number of ether oxygens (including phenoxy) is 1. The number of nitrogens with one attached hydrogen (secondary N) is 1. The van der Waals surface area contributed by atoms with Gasteiger partial charge in [0, 0.05) is 11.5 Å². The number of hydrogen-bond acceptors (Lipinski definition) is 3. The van der Waals surface area contributed by atoms with E-state index in [1.165, 1.54) is 0 Å². The average molecular weight is 402 g/mol. The molecule has 0 spiro atoms. The van der Waals surface area contributed by atoms with Crippen molar-refractivity contribution in [1.82, 2.24) is 14.9 Å². The number of carbonyl (C=O) groups excluding carboxylic acids is 1. The van der Waals surface area contributed by atoms with Gasteiger partial charge in [-0.2, -0.15) is 0 Å². The van der Waals surface area contributed by atoms with E-state index < -0.39 is 0 Å². The smallest absolute Gasteiger partial charge is 0.257 e. The average Bonchev–Trinajstić information content (AvgIpc) is 2.96. The maximum atomic E-state index is 12.9. The van der Waals surface area contributed by atoms with E-state index in [-0.39, 0.29) is 12.0 Å². The quantitative estimate of drug-likeness (QED) is 0.689. The van der Waals surface area contributed by atoms with Crippen molar-refractivity contribution in [2.75, 3.05) is 7.05 Å². The Bertz CT molecular complexity index is 872. The van der Waals surface area contributed by atoms with Gasteiger partial charge in [-0.15, -0.1) is 0 Å². The highest BCUT2D eigenvalue weighted by molar-refractivity contribution is 9.10. The Morgan fingerprint density at radius 2 is 2.04 bits per heavy atom. The van der Waals surface area contributed by atoms with Crippen LogP contribution in [-0.2, 0) is 6.54 Å². The minimum atomic E-state index is -0.108. The number of aromatic nitrogens is 2. The fourth-order valence-corrected chi connectivity index (χ4v) is 2.95. The van der Waals surface area contributed by atoms with Crippen molar-refractivity contribution >= 4 is 32.9 Å². The molecule has 1 aromatic heterocycles. The summed E-state index contributed by atoms with van der Waals surface area (Å²) in [5.41, 5.74) is 2.40. The first kappa shape index (κ1) is 17.5. The number of hydrogen-bond donors (Lipinski definition) is 1. The SMILES string of the molecule is CC(C)Oc1cc(Br)ccc1C(=O)N(C)Cc1nc2ccccc2[nH]1. The van der Waals surface area contributed by atoms with Crippen molar-refractivity contribution in [3.63, 3.8) is 0 Å². The zero-order chi connectivity index (χ0) is 18.0. The van der Waals surface area contributed by atoms with Gasteiger partial charge in [-0.25, -0.2) is 4.98 Å².